The van der Waals surface area contributed by atoms with Gasteiger partial charge in [0.1, 0.15) is 11.5 Å². The van der Waals surface area contributed by atoms with E-state index in [0.717, 1.165) is 11.1 Å². The van der Waals surface area contributed by atoms with Gasteiger partial charge in [-0.25, -0.2) is 0 Å². The minimum atomic E-state index is -0.761. The maximum Gasteiger partial charge on any atom is 0.295 e. The molecule has 30 heavy (non-hydrogen) atoms. The van der Waals surface area contributed by atoms with Gasteiger partial charge in [-0.05, 0) is 62.6 Å². The fourth-order valence-corrected chi connectivity index (χ4v) is 3.54. The zero-order valence-electron chi connectivity index (χ0n) is 17.7. The molecule has 2 N–H and O–H groups in total. The molecule has 1 atom stereocenters. The van der Waals surface area contributed by atoms with Gasteiger partial charge >= 0.3 is 0 Å². The lowest BCUT2D eigenvalue weighted by atomic mass is 9.94. The quantitative estimate of drug-likeness (QED) is 0.430. The van der Waals surface area contributed by atoms with Gasteiger partial charge in [-0.1, -0.05) is 24.3 Å². The zero-order valence-corrected chi connectivity index (χ0v) is 17.7. The molecule has 1 amide bonds. The zero-order chi connectivity index (χ0) is 22.0. The third-order valence-electron chi connectivity index (χ3n) is 5.31. The molecule has 0 aliphatic carbocycles. The summed E-state index contributed by atoms with van der Waals surface area (Å²) in [5, 5.41) is 20.7. The number of Topliss-reactive ketones (excluding diaryl/α,β-unsaturated/α-hetero) is 1. The van der Waals surface area contributed by atoms with Crippen molar-refractivity contribution in [3.8, 4) is 5.75 Å². The van der Waals surface area contributed by atoms with Crippen molar-refractivity contribution in [2.75, 3.05) is 13.2 Å². The number of aliphatic hydroxyl groups excluding tert-OH is 1. The summed E-state index contributed by atoms with van der Waals surface area (Å²) in [6.07, 6.45) is -0.00974. The van der Waals surface area contributed by atoms with E-state index in [-0.39, 0.29) is 36.3 Å². The molecule has 2 aromatic carbocycles. The van der Waals surface area contributed by atoms with Gasteiger partial charge in [0.05, 0.1) is 24.3 Å². The highest BCUT2D eigenvalue weighted by atomic mass is 16.5. The molecule has 1 unspecified atom stereocenters. The number of hydrogen-bond acceptors (Lipinski definition) is 5. The molecule has 1 aliphatic heterocycles. The Kier molecular flexibility index (Phi) is 6.27. The van der Waals surface area contributed by atoms with E-state index in [1.807, 2.05) is 33.8 Å². The number of likely N-dealkylation sites (tertiary alicyclic amines) is 1. The number of amides is 1. The number of phenolic OH excluding ortho intramolecular Hbond substituents is 1. The molecular weight excluding hydrogens is 382 g/mol. The van der Waals surface area contributed by atoms with Crippen LogP contribution in [0.15, 0.2) is 48.0 Å². The monoisotopic (exact) mass is 409 g/mol. The Hall–Kier alpha value is -3.12. The Morgan fingerprint density at radius 2 is 1.73 bits per heavy atom. The SMILES string of the molecule is Cc1ccc(/C(O)=C2/C(=O)C(=O)N(CCOC(C)C)C2c2ccc(O)cc2)cc1C. The van der Waals surface area contributed by atoms with Gasteiger partial charge in [-0.3, -0.25) is 9.59 Å². The maximum atomic E-state index is 12.9. The fraction of sp³-hybridized carbons (Fsp3) is 0.333. The standard InChI is InChI=1S/C24H27NO5/c1-14(2)30-12-11-25-21(17-7-9-19(26)10-8-17)20(23(28)24(25)29)22(27)18-6-5-15(3)16(4)13-18/h5-10,13-14,21,26-27H,11-12H2,1-4H3/b22-20-. The van der Waals surface area contributed by atoms with Gasteiger partial charge in [0.15, 0.2) is 0 Å². The third-order valence-corrected chi connectivity index (χ3v) is 5.31. The Labute approximate surface area is 176 Å². The molecule has 0 saturated carbocycles. The minimum absolute atomic E-state index is 0.00974. The van der Waals surface area contributed by atoms with E-state index in [4.69, 9.17) is 4.74 Å². The molecule has 1 fully saturated rings. The molecular formula is C24H27NO5. The third kappa shape index (κ3) is 4.24. The summed E-state index contributed by atoms with van der Waals surface area (Å²) in [5.41, 5.74) is 3.19. The summed E-state index contributed by atoms with van der Waals surface area (Å²) in [4.78, 5) is 27.2. The first kappa shape index (κ1) is 21.6. The lowest BCUT2D eigenvalue weighted by Crippen LogP contribution is -2.33. The fourth-order valence-electron chi connectivity index (χ4n) is 3.54. The number of aliphatic hydroxyl groups is 1. The first-order valence-corrected chi connectivity index (χ1v) is 9.97. The Morgan fingerprint density at radius 3 is 2.33 bits per heavy atom. The number of benzene rings is 2. The van der Waals surface area contributed by atoms with E-state index in [9.17, 15) is 19.8 Å². The summed E-state index contributed by atoms with van der Waals surface area (Å²) in [5.74, 6) is -1.53. The van der Waals surface area contributed by atoms with Crippen LogP contribution in [0.4, 0.5) is 0 Å². The van der Waals surface area contributed by atoms with Crippen LogP contribution in [0.5, 0.6) is 5.75 Å². The second-order valence-electron chi connectivity index (χ2n) is 7.80. The van der Waals surface area contributed by atoms with Crippen LogP contribution in [0.1, 0.15) is 42.1 Å². The summed E-state index contributed by atoms with van der Waals surface area (Å²) in [7, 11) is 0. The second-order valence-corrected chi connectivity index (χ2v) is 7.80. The lowest BCUT2D eigenvalue weighted by Gasteiger charge is -2.25. The molecule has 0 aromatic heterocycles. The highest BCUT2D eigenvalue weighted by Gasteiger charge is 2.45. The molecule has 1 aliphatic rings. The smallest absolute Gasteiger partial charge is 0.295 e. The van der Waals surface area contributed by atoms with Crippen molar-refractivity contribution < 1.29 is 24.5 Å². The number of hydrogen-bond donors (Lipinski definition) is 2. The summed E-state index contributed by atoms with van der Waals surface area (Å²) >= 11 is 0. The van der Waals surface area contributed by atoms with Crippen LogP contribution in [0, 0.1) is 13.8 Å². The van der Waals surface area contributed by atoms with Crippen molar-refractivity contribution >= 4 is 17.4 Å². The summed E-state index contributed by atoms with van der Waals surface area (Å²) < 4.78 is 5.58. The van der Waals surface area contributed by atoms with E-state index in [1.165, 1.54) is 17.0 Å². The number of aromatic hydroxyl groups is 1. The Bertz CT molecular complexity index is 991. The highest BCUT2D eigenvalue weighted by Crippen LogP contribution is 2.39. The van der Waals surface area contributed by atoms with Gasteiger partial charge in [-0.15, -0.1) is 0 Å². The number of rotatable bonds is 6. The van der Waals surface area contributed by atoms with Crippen LogP contribution < -0.4 is 0 Å². The number of nitrogens with zero attached hydrogens (tertiary/aromatic N) is 1. The van der Waals surface area contributed by atoms with Crippen molar-refractivity contribution in [3.63, 3.8) is 0 Å². The Morgan fingerprint density at radius 1 is 1.07 bits per heavy atom. The highest BCUT2D eigenvalue weighted by molar-refractivity contribution is 6.46. The summed E-state index contributed by atoms with van der Waals surface area (Å²) in [6.45, 7) is 8.15. The van der Waals surface area contributed by atoms with Gasteiger partial charge in [0, 0.05) is 12.1 Å². The van der Waals surface area contributed by atoms with Gasteiger partial charge in [0.25, 0.3) is 11.7 Å². The molecule has 0 radical (unpaired) electrons. The van der Waals surface area contributed by atoms with Gasteiger partial charge in [-0.2, -0.15) is 0 Å². The molecule has 158 valence electrons. The topological polar surface area (TPSA) is 87.1 Å². The van der Waals surface area contributed by atoms with Crippen LogP contribution in [0.2, 0.25) is 0 Å². The summed E-state index contributed by atoms with van der Waals surface area (Å²) in [6, 6.07) is 10.9. The molecule has 6 nitrogen and oxygen atoms in total. The normalized spacial score (nSPS) is 18.4. The number of carbonyl (C=O) groups excluding carboxylic acids is 2. The second kappa shape index (κ2) is 8.71. The number of aryl methyl sites for hydroxylation is 2. The Balaban J connectivity index is 2.10. The average Bonchev–Trinajstić information content (AvgIpc) is 2.95. The first-order chi connectivity index (χ1) is 14.2. The van der Waals surface area contributed by atoms with Crippen molar-refractivity contribution in [2.24, 2.45) is 0 Å². The average molecular weight is 409 g/mol. The van der Waals surface area contributed by atoms with Crippen LogP contribution >= 0.6 is 0 Å². The predicted octanol–water partition coefficient (Wildman–Crippen LogP) is 3.86. The van der Waals surface area contributed by atoms with Crippen molar-refractivity contribution in [3.05, 3.63) is 70.3 Å². The molecule has 0 bridgehead atoms. The van der Waals surface area contributed by atoms with E-state index in [0.29, 0.717) is 11.1 Å². The molecule has 1 saturated heterocycles. The van der Waals surface area contributed by atoms with E-state index >= 15 is 0 Å². The predicted molar refractivity (Wildman–Crippen MR) is 114 cm³/mol. The van der Waals surface area contributed by atoms with Crippen molar-refractivity contribution in [1.29, 1.82) is 0 Å². The number of phenols is 1. The molecule has 3 rings (SSSR count). The molecule has 6 heteroatoms. The first-order valence-electron chi connectivity index (χ1n) is 9.97. The van der Waals surface area contributed by atoms with E-state index in [2.05, 4.69) is 0 Å². The number of ketones is 1. The van der Waals surface area contributed by atoms with Crippen molar-refractivity contribution in [2.45, 2.75) is 39.8 Å². The van der Waals surface area contributed by atoms with E-state index < -0.39 is 17.7 Å². The van der Waals surface area contributed by atoms with Crippen molar-refractivity contribution in [1.82, 2.24) is 4.90 Å². The lowest BCUT2D eigenvalue weighted by molar-refractivity contribution is -0.140. The number of ether oxygens (including phenoxy) is 1. The van der Waals surface area contributed by atoms with Crippen LogP contribution in [-0.2, 0) is 14.3 Å². The molecule has 1 heterocycles. The largest absolute Gasteiger partial charge is 0.508 e. The number of carbonyl (C=O) groups is 2. The van der Waals surface area contributed by atoms with Crippen LogP contribution in [0.25, 0.3) is 5.76 Å². The van der Waals surface area contributed by atoms with Crippen LogP contribution in [-0.4, -0.2) is 46.1 Å². The maximum absolute atomic E-state index is 12.9. The molecule has 0 spiro atoms. The van der Waals surface area contributed by atoms with Gasteiger partial charge in [0.2, 0.25) is 0 Å². The minimum Gasteiger partial charge on any atom is -0.508 e. The van der Waals surface area contributed by atoms with E-state index in [1.54, 1.807) is 24.3 Å². The van der Waals surface area contributed by atoms with Crippen LogP contribution in [0.3, 0.4) is 0 Å². The molecule has 2 aromatic rings. The van der Waals surface area contributed by atoms with Gasteiger partial charge < -0.3 is 19.8 Å².